The Morgan fingerprint density at radius 2 is 2.06 bits per heavy atom. The summed E-state index contributed by atoms with van der Waals surface area (Å²) in [6.45, 7) is 2.03. The quantitative estimate of drug-likeness (QED) is 0.659. The van der Waals surface area contributed by atoms with Crippen molar-refractivity contribution in [2.75, 3.05) is 0 Å². The molecular formula is C13H14Cl2N2S. The van der Waals surface area contributed by atoms with Crippen molar-refractivity contribution in [3.63, 3.8) is 0 Å². The number of hydrazine groups is 1. The lowest BCUT2D eigenvalue weighted by atomic mass is 9.99. The second-order valence-electron chi connectivity index (χ2n) is 4.13. The molecule has 0 aliphatic heterocycles. The number of thiophene rings is 1. The lowest BCUT2D eigenvalue weighted by Gasteiger charge is -2.18. The zero-order chi connectivity index (χ0) is 13.1. The van der Waals surface area contributed by atoms with Gasteiger partial charge >= 0.3 is 0 Å². The van der Waals surface area contributed by atoms with E-state index in [2.05, 4.69) is 5.43 Å². The number of nitrogens with two attached hydrogens (primary N) is 1. The second kappa shape index (κ2) is 6.04. The smallest absolute Gasteiger partial charge is 0.0931 e. The molecule has 0 saturated carbocycles. The van der Waals surface area contributed by atoms with Crippen LogP contribution in [0.4, 0.5) is 0 Å². The normalized spacial score (nSPS) is 12.7. The minimum atomic E-state index is 0.0667. The molecule has 1 atom stereocenters. The van der Waals surface area contributed by atoms with E-state index in [1.54, 1.807) is 11.3 Å². The van der Waals surface area contributed by atoms with Gasteiger partial charge in [0.2, 0.25) is 0 Å². The van der Waals surface area contributed by atoms with Crippen LogP contribution in [0.25, 0.3) is 0 Å². The van der Waals surface area contributed by atoms with Crippen molar-refractivity contribution in [1.29, 1.82) is 0 Å². The SMILES string of the molecule is Cc1cc(Cl)ccc1C(Cc1ccc(Cl)s1)NN. The third-order valence-corrected chi connectivity index (χ3v) is 4.33. The van der Waals surface area contributed by atoms with Gasteiger partial charge in [-0.3, -0.25) is 11.3 Å². The van der Waals surface area contributed by atoms with Crippen LogP contribution in [-0.4, -0.2) is 0 Å². The molecule has 18 heavy (non-hydrogen) atoms. The molecule has 1 aromatic carbocycles. The Balaban J connectivity index is 2.22. The molecule has 5 heteroatoms. The molecule has 2 rings (SSSR count). The molecule has 0 aliphatic rings. The highest BCUT2D eigenvalue weighted by atomic mass is 35.5. The topological polar surface area (TPSA) is 38.0 Å². The van der Waals surface area contributed by atoms with E-state index >= 15 is 0 Å². The van der Waals surface area contributed by atoms with Gasteiger partial charge in [-0.1, -0.05) is 29.3 Å². The fourth-order valence-electron chi connectivity index (χ4n) is 1.95. The van der Waals surface area contributed by atoms with Crippen molar-refractivity contribution >= 4 is 34.5 Å². The third kappa shape index (κ3) is 3.25. The molecule has 1 heterocycles. The summed E-state index contributed by atoms with van der Waals surface area (Å²) in [5.41, 5.74) is 5.15. The van der Waals surface area contributed by atoms with E-state index in [4.69, 9.17) is 29.0 Å². The van der Waals surface area contributed by atoms with Crippen molar-refractivity contribution in [3.8, 4) is 0 Å². The minimum Gasteiger partial charge on any atom is -0.271 e. The number of halogens is 2. The lowest BCUT2D eigenvalue weighted by molar-refractivity contribution is 0.553. The molecule has 0 fully saturated rings. The van der Waals surface area contributed by atoms with Gasteiger partial charge in [0, 0.05) is 16.3 Å². The van der Waals surface area contributed by atoms with Crippen LogP contribution in [-0.2, 0) is 6.42 Å². The molecular weight excluding hydrogens is 287 g/mol. The van der Waals surface area contributed by atoms with Crippen LogP contribution in [0, 0.1) is 6.92 Å². The van der Waals surface area contributed by atoms with Crippen molar-refractivity contribution < 1.29 is 0 Å². The standard InChI is InChI=1S/C13H14Cl2N2S/c1-8-6-9(14)2-4-11(8)12(17-16)7-10-3-5-13(15)18-10/h2-6,12,17H,7,16H2,1H3. The van der Waals surface area contributed by atoms with Crippen LogP contribution in [0.15, 0.2) is 30.3 Å². The molecule has 0 saturated heterocycles. The Hall–Kier alpha value is -0.580. The average Bonchev–Trinajstić information content (AvgIpc) is 2.72. The van der Waals surface area contributed by atoms with Gasteiger partial charge in [0.05, 0.1) is 10.4 Å². The second-order valence-corrected chi connectivity index (χ2v) is 6.37. The van der Waals surface area contributed by atoms with Gasteiger partial charge in [0.1, 0.15) is 0 Å². The Morgan fingerprint density at radius 1 is 1.28 bits per heavy atom. The van der Waals surface area contributed by atoms with Crippen molar-refractivity contribution in [2.45, 2.75) is 19.4 Å². The van der Waals surface area contributed by atoms with E-state index in [-0.39, 0.29) is 6.04 Å². The predicted octanol–water partition coefficient (Wildman–Crippen LogP) is 4.11. The zero-order valence-electron chi connectivity index (χ0n) is 9.91. The van der Waals surface area contributed by atoms with Gasteiger partial charge in [-0.15, -0.1) is 11.3 Å². The van der Waals surface area contributed by atoms with E-state index in [0.29, 0.717) is 0 Å². The highest BCUT2D eigenvalue weighted by molar-refractivity contribution is 7.16. The van der Waals surface area contributed by atoms with Gasteiger partial charge in [-0.2, -0.15) is 0 Å². The van der Waals surface area contributed by atoms with Crippen LogP contribution in [0.2, 0.25) is 9.36 Å². The van der Waals surface area contributed by atoms with Gasteiger partial charge in [-0.05, 0) is 42.3 Å². The lowest BCUT2D eigenvalue weighted by Crippen LogP contribution is -2.29. The minimum absolute atomic E-state index is 0.0667. The Morgan fingerprint density at radius 3 is 2.61 bits per heavy atom. The van der Waals surface area contributed by atoms with Gasteiger partial charge in [-0.25, -0.2) is 0 Å². The summed E-state index contributed by atoms with van der Waals surface area (Å²) in [4.78, 5) is 1.21. The monoisotopic (exact) mass is 300 g/mol. The summed E-state index contributed by atoms with van der Waals surface area (Å²) in [6.07, 6.45) is 0.816. The molecule has 0 radical (unpaired) electrons. The first kappa shape index (κ1) is 13.8. The first-order chi connectivity index (χ1) is 8.60. The zero-order valence-corrected chi connectivity index (χ0v) is 12.2. The average molecular weight is 301 g/mol. The molecule has 3 N–H and O–H groups in total. The van der Waals surface area contributed by atoms with Crippen molar-refractivity contribution in [1.82, 2.24) is 5.43 Å². The largest absolute Gasteiger partial charge is 0.271 e. The van der Waals surface area contributed by atoms with Crippen LogP contribution in [0.5, 0.6) is 0 Å². The van der Waals surface area contributed by atoms with Crippen molar-refractivity contribution in [2.24, 2.45) is 5.84 Å². The van der Waals surface area contributed by atoms with E-state index in [1.165, 1.54) is 4.88 Å². The summed E-state index contributed by atoms with van der Waals surface area (Å²) in [7, 11) is 0. The van der Waals surface area contributed by atoms with Gasteiger partial charge < -0.3 is 0 Å². The summed E-state index contributed by atoms with van der Waals surface area (Å²) in [6, 6.07) is 9.85. The fraction of sp³-hybridized carbons (Fsp3) is 0.231. The number of rotatable bonds is 4. The van der Waals surface area contributed by atoms with E-state index in [0.717, 1.165) is 26.9 Å². The number of benzene rings is 1. The molecule has 0 amide bonds. The maximum Gasteiger partial charge on any atom is 0.0931 e. The molecule has 0 spiro atoms. The molecule has 2 nitrogen and oxygen atoms in total. The summed E-state index contributed by atoms with van der Waals surface area (Å²) in [5.74, 6) is 5.66. The summed E-state index contributed by atoms with van der Waals surface area (Å²) in [5, 5.41) is 0.742. The number of aryl methyl sites for hydroxylation is 1. The Bertz CT molecular complexity index is 540. The van der Waals surface area contributed by atoms with Gasteiger partial charge in [0.15, 0.2) is 0 Å². The maximum atomic E-state index is 5.96. The first-order valence-electron chi connectivity index (χ1n) is 5.56. The number of hydrogen-bond acceptors (Lipinski definition) is 3. The fourth-order valence-corrected chi connectivity index (χ4v) is 3.31. The van der Waals surface area contributed by atoms with Crippen LogP contribution in [0.1, 0.15) is 22.0 Å². The number of hydrogen-bond donors (Lipinski definition) is 2. The summed E-state index contributed by atoms with van der Waals surface area (Å²) >= 11 is 13.5. The Labute approximate surface area is 121 Å². The van der Waals surface area contributed by atoms with E-state index in [9.17, 15) is 0 Å². The summed E-state index contributed by atoms with van der Waals surface area (Å²) < 4.78 is 0.800. The molecule has 0 bridgehead atoms. The highest BCUT2D eigenvalue weighted by Crippen LogP contribution is 2.28. The van der Waals surface area contributed by atoms with E-state index in [1.807, 2.05) is 37.3 Å². The Kier molecular flexibility index (Phi) is 4.65. The third-order valence-electron chi connectivity index (χ3n) is 2.84. The first-order valence-corrected chi connectivity index (χ1v) is 7.14. The van der Waals surface area contributed by atoms with Crippen molar-refractivity contribution in [3.05, 3.63) is 55.7 Å². The highest BCUT2D eigenvalue weighted by Gasteiger charge is 2.14. The molecule has 1 aromatic heterocycles. The molecule has 2 aromatic rings. The van der Waals surface area contributed by atoms with Gasteiger partial charge in [0.25, 0.3) is 0 Å². The molecule has 96 valence electrons. The van der Waals surface area contributed by atoms with E-state index < -0.39 is 0 Å². The van der Waals surface area contributed by atoms with Crippen LogP contribution in [0.3, 0.4) is 0 Å². The maximum absolute atomic E-state index is 5.96. The predicted molar refractivity (Wildman–Crippen MR) is 79.3 cm³/mol. The van der Waals surface area contributed by atoms with Crippen LogP contribution < -0.4 is 11.3 Å². The molecule has 0 aliphatic carbocycles. The van der Waals surface area contributed by atoms with Crippen LogP contribution >= 0.6 is 34.5 Å². The molecule has 1 unspecified atom stereocenters. The number of nitrogens with one attached hydrogen (secondary N) is 1.